The highest BCUT2D eigenvalue weighted by molar-refractivity contribution is 5.50. The van der Waals surface area contributed by atoms with Gasteiger partial charge >= 0.3 is 0 Å². The number of aromatic nitrogens is 1. The average Bonchev–Trinajstić information content (AvgIpc) is 2.31. The fourth-order valence-corrected chi connectivity index (χ4v) is 0.588. The van der Waals surface area contributed by atoms with Crippen molar-refractivity contribution in [3.05, 3.63) is 11.8 Å². The predicted octanol–water partition coefficient (Wildman–Crippen LogP) is 0.312. The highest BCUT2D eigenvalue weighted by atomic mass is 16.5. The van der Waals surface area contributed by atoms with Crippen LogP contribution in [0.25, 0.3) is 0 Å². The minimum Gasteiger partial charge on any atom is -0.491 e. The minimum atomic E-state index is -0.179. The van der Waals surface area contributed by atoms with Gasteiger partial charge in [0.05, 0.1) is 5.56 Å². The second-order valence-electron chi connectivity index (χ2n) is 1.79. The zero-order valence-corrected chi connectivity index (χ0v) is 5.20. The van der Waals surface area contributed by atoms with Crippen LogP contribution in [0.5, 0.6) is 5.88 Å². The van der Waals surface area contributed by atoms with E-state index in [0.717, 1.165) is 6.29 Å². The van der Waals surface area contributed by atoms with E-state index in [0.29, 0.717) is 18.4 Å². The number of rotatable bonds is 3. The highest BCUT2D eigenvalue weighted by Gasteiger charge is 2.04. The van der Waals surface area contributed by atoms with Crippen molar-refractivity contribution in [2.75, 3.05) is 0 Å². The molecule has 0 saturated heterocycles. The Kier molecular flexibility index (Phi) is 2.04. The van der Waals surface area contributed by atoms with Crippen LogP contribution in [0.2, 0.25) is 0 Å². The highest BCUT2D eigenvalue weighted by Crippen LogP contribution is 2.13. The third kappa shape index (κ3) is 1.34. The van der Waals surface area contributed by atoms with Gasteiger partial charge in [0, 0.05) is 6.42 Å². The molecule has 0 aliphatic heterocycles. The first kappa shape index (κ1) is 6.80. The monoisotopic (exact) mass is 140 g/mol. The average molecular weight is 140 g/mol. The van der Waals surface area contributed by atoms with E-state index in [1.165, 1.54) is 0 Å². The zero-order valence-electron chi connectivity index (χ0n) is 5.20. The van der Waals surface area contributed by atoms with E-state index >= 15 is 0 Å². The van der Waals surface area contributed by atoms with E-state index in [1.807, 2.05) is 0 Å². The van der Waals surface area contributed by atoms with Gasteiger partial charge in [0.15, 0.2) is 0 Å². The summed E-state index contributed by atoms with van der Waals surface area (Å²) in [6, 6.07) is 0. The van der Waals surface area contributed by atoms with Crippen molar-refractivity contribution in [1.29, 1.82) is 0 Å². The Morgan fingerprint density at radius 3 is 3.10 bits per heavy atom. The lowest BCUT2D eigenvalue weighted by atomic mass is 10.2. The number of nitrogens with zero attached hydrogens (tertiary/aromatic N) is 1. The van der Waals surface area contributed by atoms with Gasteiger partial charge in [0.25, 0.3) is 5.88 Å². The van der Waals surface area contributed by atoms with Gasteiger partial charge in [-0.25, -0.2) is 0 Å². The molecule has 0 fully saturated rings. The van der Waals surface area contributed by atoms with Crippen molar-refractivity contribution >= 4 is 6.29 Å². The number of aromatic hydroxyl groups is 1. The molecule has 0 bridgehead atoms. The topological polar surface area (TPSA) is 63.3 Å². The molecule has 1 aromatic heterocycles. The van der Waals surface area contributed by atoms with Gasteiger partial charge in [-0.05, 0) is 11.6 Å². The summed E-state index contributed by atoms with van der Waals surface area (Å²) in [6.07, 6.45) is 3.89. The molecule has 0 aliphatic carbocycles. The minimum absolute atomic E-state index is 0.179. The van der Waals surface area contributed by atoms with Crippen LogP contribution in [0.15, 0.2) is 4.52 Å². The first-order valence-electron chi connectivity index (χ1n) is 2.83. The molecule has 0 unspecified atom stereocenters. The molecule has 1 radical (unpaired) electrons. The van der Waals surface area contributed by atoms with Crippen molar-refractivity contribution in [3.8, 4) is 5.88 Å². The summed E-state index contributed by atoms with van der Waals surface area (Å²) in [5, 5.41) is 12.0. The number of hydrogen-bond donors (Lipinski definition) is 1. The molecule has 1 rings (SSSR count). The summed E-state index contributed by atoms with van der Waals surface area (Å²) in [5.74, 6) is -0.179. The Labute approximate surface area is 57.4 Å². The van der Waals surface area contributed by atoms with E-state index in [9.17, 15) is 4.79 Å². The first-order valence-corrected chi connectivity index (χ1v) is 2.83. The lowest BCUT2D eigenvalue weighted by Crippen LogP contribution is -1.83. The van der Waals surface area contributed by atoms with Crippen LogP contribution in [0.1, 0.15) is 12.0 Å². The maximum atomic E-state index is 9.86. The molecule has 0 aliphatic rings. The van der Waals surface area contributed by atoms with Crippen LogP contribution in [0, 0.1) is 6.26 Å². The van der Waals surface area contributed by atoms with Gasteiger partial charge in [-0.3, -0.25) is 0 Å². The third-order valence-electron chi connectivity index (χ3n) is 1.08. The lowest BCUT2D eigenvalue weighted by molar-refractivity contribution is -0.107. The zero-order chi connectivity index (χ0) is 7.40. The van der Waals surface area contributed by atoms with Gasteiger partial charge < -0.3 is 14.4 Å². The Bertz CT molecular complexity index is 219. The number of carbonyl (C=O) groups is 1. The molecule has 4 heteroatoms. The Hall–Kier alpha value is -1.32. The van der Waals surface area contributed by atoms with Crippen LogP contribution in [-0.4, -0.2) is 16.5 Å². The van der Waals surface area contributed by atoms with E-state index < -0.39 is 0 Å². The van der Waals surface area contributed by atoms with Crippen LogP contribution in [0.3, 0.4) is 0 Å². The summed E-state index contributed by atoms with van der Waals surface area (Å²) >= 11 is 0. The SMILES string of the molecule is O=CCCc1[c]onc1O. The molecule has 0 amide bonds. The van der Waals surface area contributed by atoms with Gasteiger partial charge in [0.1, 0.15) is 6.29 Å². The van der Waals surface area contributed by atoms with Gasteiger partial charge in [-0.15, -0.1) is 0 Å². The number of carbonyl (C=O) groups excluding carboxylic acids is 1. The van der Waals surface area contributed by atoms with E-state index in [4.69, 9.17) is 5.11 Å². The molecule has 53 valence electrons. The fourth-order valence-electron chi connectivity index (χ4n) is 0.588. The van der Waals surface area contributed by atoms with Crippen LogP contribution in [-0.2, 0) is 11.2 Å². The van der Waals surface area contributed by atoms with Crippen LogP contribution in [0.4, 0.5) is 0 Å². The molecule has 1 aromatic rings. The number of hydrogen-bond acceptors (Lipinski definition) is 4. The Morgan fingerprint density at radius 2 is 2.60 bits per heavy atom. The molecule has 0 spiro atoms. The van der Waals surface area contributed by atoms with Gasteiger partial charge in [-0.1, -0.05) is 0 Å². The van der Waals surface area contributed by atoms with Crippen LogP contribution >= 0.6 is 0 Å². The molecular weight excluding hydrogens is 134 g/mol. The second-order valence-corrected chi connectivity index (χ2v) is 1.79. The summed E-state index contributed by atoms with van der Waals surface area (Å²) in [7, 11) is 0. The van der Waals surface area contributed by atoms with Gasteiger partial charge in [-0.2, -0.15) is 0 Å². The molecule has 0 atom stereocenters. The smallest absolute Gasteiger partial charge is 0.255 e. The summed E-state index contributed by atoms with van der Waals surface area (Å²) in [4.78, 5) is 9.86. The quantitative estimate of drug-likeness (QED) is 0.614. The largest absolute Gasteiger partial charge is 0.491 e. The molecule has 4 nitrogen and oxygen atoms in total. The fraction of sp³-hybridized carbons (Fsp3) is 0.333. The summed E-state index contributed by atoms with van der Waals surface area (Å²) < 4.78 is 4.30. The lowest BCUT2D eigenvalue weighted by Gasteiger charge is -1.86. The summed E-state index contributed by atoms with van der Waals surface area (Å²) in [6.45, 7) is 0. The Balaban J connectivity index is 2.56. The maximum Gasteiger partial charge on any atom is 0.255 e. The second kappa shape index (κ2) is 3.00. The van der Waals surface area contributed by atoms with E-state index in [1.54, 1.807) is 0 Å². The molecule has 0 aromatic carbocycles. The first-order chi connectivity index (χ1) is 4.84. The predicted molar refractivity (Wildman–Crippen MR) is 31.4 cm³/mol. The maximum absolute atomic E-state index is 9.86. The van der Waals surface area contributed by atoms with E-state index in [2.05, 4.69) is 15.9 Å². The van der Waals surface area contributed by atoms with Crippen molar-refractivity contribution in [2.24, 2.45) is 0 Å². The van der Waals surface area contributed by atoms with E-state index in [-0.39, 0.29) is 5.88 Å². The van der Waals surface area contributed by atoms with Crippen molar-refractivity contribution < 1.29 is 14.4 Å². The molecular formula is C6H6NO3. The number of aryl methyl sites for hydroxylation is 1. The van der Waals surface area contributed by atoms with Crippen molar-refractivity contribution in [3.63, 3.8) is 0 Å². The third-order valence-corrected chi connectivity index (χ3v) is 1.08. The number of aldehydes is 1. The normalized spacial score (nSPS) is 9.60. The van der Waals surface area contributed by atoms with Crippen molar-refractivity contribution in [1.82, 2.24) is 5.16 Å². The molecule has 0 saturated carbocycles. The van der Waals surface area contributed by atoms with Gasteiger partial charge in [0.2, 0.25) is 6.26 Å². The van der Waals surface area contributed by atoms with Crippen molar-refractivity contribution in [2.45, 2.75) is 12.8 Å². The Morgan fingerprint density at radius 1 is 1.80 bits per heavy atom. The van der Waals surface area contributed by atoms with Crippen LogP contribution < -0.4 is 0 Å². The molecule has 10 heavy (non-hydrogen) atoms. The molecule has 1 N–H and O–H groups in total. The summed E-state index contributed by atoms with van der Waals surface area (Å²) in [5.41, 5.74) is 0.451. The standard InChI is InChI=1S/C6H6NO3/c8-3-1-2-5-4-10-7-6(5)9/h3H,1-2H2,(H,7,9). The molecule has 1 heterocycles.